The van der Waals surface area contributed by atoms with Crippen LogP contribution in [0.4, 0.5) is 5.69 Å². The van der Waals surface area contributed by atoms with Crippen LogP contribution in [0.2, 0.25) is 0 Å². The summed E-state index contributed by atoms with van der Waals surface area (Å²) in [5, 5.41) is 0. The lowest BCUT2D eigenvalue weighted by Gasteiger charge is -2.19. The minimum Gasteiger partial charge on any atom is -0.274 e. The van der Waals surface area contributed by atoms with Crippen LogP contribution < -0.4 is 4.90 Å². The Morgan fingerprint density at radius 2 is 1.53 bits per heavy atom. The molecule has 3 nitrogen and oxygen atoms in total. The van der Waals surface area contributed by atoms with Gasteiger partial charge in [0.25, 0.3) is 0 Å². The van der Waals surface area contributed by atoms with Crippen molar-refractivity contribution >= 4 is 17.5 Å². The summed E-state index contributed by atoms with van der Waals surface area (Å²) in [6.07, 6.45) is 3.88. The number of carbonyl (C=O) groups excluding carboxylic acids is 2. The van der Waals surface area contributed by atoms with Crippen molar-refractivity contribution in [3.8, 4) is 0 Å². The summed E-state index contributed by atoms with van der Waals surface area (Å²) in [6.45, 7) is 4.05. The average molecular weight is 257 g/mol. The summed E-state index contributed by atoms with van der Waals surface area (Å²) in [4.78, 5) is 26.3. The highest BCUT2D eigenvalue weighted by Gasteiger charge is 2.48. The zero-order chi connectivity index (χ0) is 13.6. The van der Waals surface area contributed by atoms with E-state index in [-0.39, 0.29) is 23.7 Å². The van der Waals surface area contributed by atoms with Gasteiger partial charge in [-0.3, -0.25) is 14.5 Å². The number of hydrogen-bond acceptors (Lipinski definition) is 2. The third kappa shape index (κ3) is 1.88. The van der Waals surface area contributed by atoms with Gasteiger partial charge in [-0.05, 0) is 49.9 Å². The van der Waals surface area contributed by atoms with Crippen LogP contribution in [0.3, 0.4) is 0 Å². The Morgan fingerprint density at radius 3 is 2.05 bits per heavy atom. The highest BCUT2D eigenvalue weighted by molar-refractivity contribution is 6.22. The zero-order valence-electron chi connectivity index (χ0n) is 11.5. The molecule has 0 N–H and O–H groups in total. The molecule has 2 fully saturated rings. The molecular formula is C16H19NO2. The fraction of sp³-hybridized carbons (Fsp3) is 0.500. The molecule has 0 radical (unpaired) electrons. The highest BCUT2D eigenvalue weighted by atomic mass is 16.2. The van der Waals surface area contributed by atoms with Gasteiger partial charge in [0.1, 0.15) is 0 Å². The average Bonchev–Trinajstić information content (AvgIpc) is 2.66. The molecule has 0 bridgehead atoms. The van der Waals surface area contributed by atoms with Crippen molar-refractivity contribution in [3.63, 3.8) is 0 Å². The molecule has 1 aromatic rings. The topological polar surface area (TPSA) is 37.4 Å². The molecule has 1 aliphatic carbocycles. The van der Waals surface area contributed by atoms with Gasteiger partial charge in [-0.25, -0.2) is 0 Å². The maximum atomic E-state index is 12.5. The van der Waals surface area contributed by atoms with E-state index in [0.717, 1.165) is 36.9 Å². The SMILES string of the molecule is Cc1ccc(N2C(=O)[C@H]3CCCC[C@@H]3C2=O)cc1C. The maximum Gasteiger partial charge on any atom is 0.237 e. The predicted octanol–water partition coefficient (Wildman–Crippen LogP) is 2.98. The van der Waals surface area contributed by atoms with Crippen molar-refractivity contribution in [3.05, 3.63) is 29.3 Å². The molecule has 100 valence electrons. The summed E-state index contributed by atoms with van der Waals surface area (Å²) < 4.78 is 0. The van der Waals surface area contributed by atoms with Crippen LogP contribution in [0.25, 0.3) is 0 Å². The molecule has 1 saturated carbocycles. The molecule has 2 amide bonds. The molecule has 2 aliphatic rings. The van der Waals surface area contributed by atoms with Gasteiger partial charge in [-0.2, -0.15) is 0 Å². The molecule has 1 aliphatic heterocycles. The Labute approximate surface area is 113 Å². The van der Waals surface area contributed by atoms with Crippen LogP contribution in [0, 0.1) is 25.7 Å². The lowest BCUT2D eigenvalue weighted by Crippen LogP contribution is -2.30. The molecule has 19 heavy (non-hydrogen) atoms. The van der Waals surface area contributed by atoms with Crippen molar-refractivity contribution in [2.75, 3.05) is 4.90 Å². The highest BCUT2D eigenvalue weighted by Crippen LogP contribution is 2.40. The van der Waals surface area contributed by atoms with E-state index in [9.17, 15) is 9.59 Å². The van der Waals surface area contributed by atoms with E-state index in [1.54, 1.807) is 0 Å². The van der Waals surface area contributed by atoms with Gasteiger partial charge in [-0.1, -0.05) is 18.9 Å². The monoisotopic (exact) mass is 257 g/mol. The van der Waals surface area contributed by atoms with Crippen molar-refractivity contribution in [1.82, 2.24) is 0 Å². The fourth-order valence-electron chi connectivity index (χ4n) is 3.28. The Hall–Kier alpha value is -1.64. The summed E-state index contributed by atoms with van der Waals surface area (Å²) in [6, 6.07) is 5.81. The van der Waals surface area contributed by atoms with Crippen LogP contribution in [0.15, 0.2) is 18.2 Å². The molecule has 0 unspecified atom stereocenters. The van der Waals surface area contributed by atoms with Gasteiger partial charge >= 0.3 is 0 Å². The van der Waals surface area contributed by atoms with E-state index in [1.807, 2.05) is 32.0 Å². The van der Waals surface area contributed by atoms with E-state index in [1.165, 1.54) is 10.5 Å². The Morgan fingerprint density at radius 1 is 0.947 bits per heavy atom. The van der Waals surface area contributed by atoms with Crippen molar-refractivity contribution < 1.29 is 9.59 Å². The fourth-order valence-corrected chi connectivity index (χ4v) is 3.28. The second kappa shape index (κ2) is 4.48. The first-order valence-electron chi connectivity index (χ1n) is 7.04. The van der Waals surface area contributed by atoms with Gasteiger partial charge in [0.05, 0.1) is 17.5 Å². The second-order valence-corrected chi connectivity index (χ2v) is 5.78. The summed E-state index contributed by atoms with van der Waals surface area (Å²) in [5.74, 6) is -0.110. The quantitative estimate of drug-likeness (QED) is 0.725. The summed E-state index contributed by atoms with van der Waals surface area (Å²) in [5.41, 5.74) is 3.04. The number of amides is 2. The second-order valence-electron chi connectivity index (χ2n) is 5.78. The lowest BCUT2D eigenvalue weighted by molar-refractivity contribution is -0.122. The van der Waals surface area contributed by atoms with Crippen LogP contribution in [0.1, 0.15) is 36.8 Å². The molecule has 0 aromatic heterocycles. The number of carbonyl (C=O) groups is 2. The molecule has 1 saturated heterocycles. The van der Waals surface area contributed by atoms with E-state index in [4.69, 9.17) is 0 Å². The Balaban J connectivity index is 1.98. The first kappa shape index (κ1) is 12.4. The zero-order valence-corrected chi connectivity index (χ0v) is 11.5. The number of hydrogen-bond donors (Lipinski definition) is 0. The number of rotatable bonds is 1. The van der Waals surface area contributed by atoms with Gasteiger partial charge in [0.15, 0.2) is 0 Å². The first-order valence-corrected chi connectivity index (χ1v) is 7.04. The minimum atomic E-state index is -0.0668. The maximum absolute atomic E-state index is 12.5. The number of imide groups is 1. The van der Waals surface area contributed by atoms with E-state index in [0.29, 0.717) is 0 Å². The third-order valence-electron chi connectivity index (χ3n) is 4.59. The van der Waals surface area contributed by atoms with Crippen LogP contribution >= 0.6 is 0 Å². The van der Waals surface area contributed by atoms with Crippen molar-refractivity contribution in [2.45, 2.75) is 39.5 Å². The Bertz CT molecular complexity index is 526. The normalized spacial score (nSPS) is 26.7. The summed E-state index contributed by atoms with van der Waals surface area (Å²) >= 11 is 0. The number of anilines is 1. The van der Waals surface area contributed by atoms with E-state index >= 15 is 0 Å². The Kier molecular flexibility index (Phi) is 2.92. The van der Waals surface area contributed by atoms with Gasteiger partial charge in [0, 0.05) is 0 Å². The largest absolute Gasteiger partial charge is 0.274 e. The van der Waals surface area contributed by atoms with Crippen LogP contribution in [-0.4, -0.2) is 11.8 Å². The van der Waals surface area contributed by atoms with E-state index < -0.39 is 0 Å². The minimum absolute atomic E-state index is 0.0120. The van der Waals surface area contributed by atoms with Gasteiger partial charge in [-0.15, -0.1) is 0 Å². The smallest absolute Gasteiger partial charge is 0.237 e. The predicted molar refractivity (Wildman–Crippen MR) is 73.9 cm³/mol. The molecule has 3 heteroatoms. The molecule has 2 atom stereocenters. The van der Waals surface area contributed by atoms with Gasteiger partial charge in [0.2, 0.25) is 11.8 Å². The lowest BCUT2D eigenvalue weighted by atomic mass is 9.81. The third-order valence-corrected chi connectivity index (χ3v) is 4.59. The van der Waals surface area contributed by atoms with E-state index in [2.05, 4.69) is 0 Å². The summed E-state index contributed by atoms with van der Waals surface area (Å²) in [7, 11) is 0. The molecule has 3 rings (SSSR count). The number of nitrogens with zero attached hydrogens (tertiary/aromatic N) is 1. The van der Waals surface area contributed by atoms with Crippen molar-refractivity contribution in [1.29, 1.82) is 0 Å². The first-order chi connectivity index (χ1) is 9.09. The van der Waals surface area contributed by atoms with Crippen LogP contribution in [0.5, 0.6) is 0 Å². The number of aryl methyl sites for hydroxylation is 2. The van der Waals surface area contributed by atoms with Gasteiger partial charge < -0.3 is 0 Å². The standard InChI is InChI=1S/C16H19NO2/c1-10-7-8-12(9-11(10)2)17-15(18)13-5-3-4-6-14(13)16(17)19/h7-9,13-14H,3-6H2,1-2H3/t13-,14-/m0/s1. The van der Waals surface area contributed by atoms with Crippen molar-refractivity contribution in [2.24, 2.45) is 11.8 Å². The molecule has 1 heterocycles. The molecule has 1 aromatic carbocycles. The van der Waals surface area contributed by atoms with Crippen LogP contribution in [-0.2, 0) is 9.59 Å². The number of fused-ring (bicyclic) bond motifs is 1. The number of benzene rings is 1. The molecular weight excluding hydrogens is 238 g/mol. The molecule has 0 spiro atoms.